The van der Waals surface area contributed by atoms with Gasteiger partial charge in [-0.1, -0.05) is 6.92 Å². The van der Waals surface area contributed by atoms with Crippen molar-refractivity contribution >= 4 is 28.3 Å². The van der Waals surface area contributed by atoms with Gasteiger partial charge in [-0.3, -0.25) is 4.57 Å². The average molecular weight is 365 g/mol. The number of hydrogen-bond donors (Lipinski definition) is 1. The van der Waals surface area contributed by atoms with Gasteiger partial charge in [0.2, 0.25) is 0 Å². The quantitative estimate of drug-likeness (QED) is 0.549. The first-order valence-corrected chi connectivity index (χ1v) is 9.40. The monoisotopic (exact) mass is 365 g/mol. The van der Waals surface area contributed by atoms with Crippen LogP contribution in [0.2, 0.25) is 0 Å². The summed E-state index contributed by atoms with van der Waals surface area (Å²) in [6.45, 7) is 2.96. The standard InChI is InChI=1S/C19H19N5OS/c1-3-9-20-18-16-19(24(12-21-16)14-8-10-26-11-14)23-17(22-18)13-4-6-15(25-2)7-5-13/h4-8,10-12H,3,9H2,1-2H3,(H,20,22,23). The fourth-order valence-corrected chi connectivity index (χ4v) is 3.35. The van der Waals surface area contributed by atoms with E-state index in [9.17, 15) is 0 Å². The second kappa shape index (κ2) is 7.13. The molecule has 1 N–H and O–H groups in total. The first-order chi connectivity index (χ1) is 12.8. The Morgan fingerprint density at radius 2 is 2.00 bits per heavy atom. The molecular formula is C19H19N5OS. The summed E-state index contributed by atoms with van der Waals surface area (Å²) >= 11 is 1.65. The zero-order valence-electron chi connectivity index (χ0n) is 14.6. The molecule has 0 amide bonds. The van der Waals surface area contributed by atoms with E-state index in [0.29, 0.717) is 5.82 Å². The van der Waals surface area contributed by atoms with E-state index in [0.717, 1.165) is 46.9 Å². The van der Waals surface area contributed by atoms with E-state index < -0.39 is 0 Å². The van der Waals surface area contributed by atoms with Crippen molar-refractivity contribution in [2.75, 3.05) is 19.0 Å². The van der Waals surface area contributed by atoms with Crippen molar-refractivity contribution in [3.63, 3.8) is 0 Å². The minimum atomic E-state index is 0.663. The second-order valence-corrected chi connectivity index (χ2v) is 6.60. The van der Waals surface area contributed by atoms with Gasteiger partial charge >= 0.3 is 0 Å². The van der Waals surface area contributed by atoms with E-state index in [1.54, 1.807) is 24.8 Å². The lowest BCUT2D eigenvalue weighted by Gasteiger charge is -2.09. The van der Waals surface area contributed by atoms with Crippen LogP contribution in [0.25, 0.3) is 28.2 Å². The Hall–Kier alpha value is -2.93. The van der Waals surface area contributed by atoms with Gasteiger partial charge in [-0.25, -0.2) is 15.0 Å². The SMILES string of the molecule is CCCNc1nc(-c2ccc(OC)cc2)nc2c1ncn2-c1ccsc1. The van der Waals surface area contributed by atoms with Crippen molar-refractivity contribution in [2.24, 2.45) is 0 Å². The fraction of sp³-hybridized carbons (Fsp3) is 0.211. The van der Waals surface area contributed by atoms with E-state index in [-0.39, 0.29) is 0 Å². The summed E-state index contributed by atoms with van der Waals surface area (Å²) in [4.78, 5) is 14.1. The number of anilines is 1. The van der Waals surface area contributed by atoms with Gasteiger partial charge in [0.15, 0.2) is 22.8 Å². The van der Waals surface area contributed by atoms with Crippen molar-refractivity contribution in [3.8, 4) is 22.8 Å². The second-order valence-electron chi connectivity index (χ2n) is 5.82. The maximum absolute atomic E-state index is 5.24. The predicted molar refractivity (Wildman–Crippen MR) is 105 cm³/mol. The maximum Gasteiger partial charge on any atom is 0.170 e. The molecule has 0 aliphatic carbocycles. The van der Waals surface area contributed by atoms with Crippen LogP contribution in [-0.4, -0.2) is 33.2 Å². The van der Waals surface area contributed by atoms with Gasteiger partial charge in [-0.05, 0) is 42.1 Å². The van der Waals surface area contributed by atoms with Crippen molar-refractivity contribution in [1.82, 2.24) is 19.5 Å². The first-order valence-electron chi connectivity index (χ1n) is 8.46. The Bertz CT molecular complexity index is 1010. The minimum Gasteiger partial charge on any atom is -0.497 e. The van der Waals surface area contributed by atoms with E-state index in [1.165, 1.54) is 0 Å². The van der Waals surface area contributed by atoms with Crippen LogP contribution in [-0.2, 0) is 0 Å². The summed E-state index contributed by atoms with van der Waals surface area (Å²) in [6, 6.07) is 9.82. The van der Waals surface area contributed by atoms with Crippen LogP contribution >= 0.6 is 11.3 Å². The van der Waals surface area contributed by atoms with E-state index in [4.69, 9.17) is 14.7 Å². The van der Waals surface area contributed by atoms with Crippen LogP contribution in [0.4, 0.5) is 5.82 Å². The molecule has 0 fully saturated rings. The Kier molecular flexibility index (Phi) is 4.53. The number of nitrogens with zero attached hydrogens (tertiary/aromatic N) is 4. The van der Waals surface area contributed by atoms with Crippen LogP contribution in [0.15, 0.2) is 47.4 Å². The highest BCUT2D eigenvalue weighted by atomic mass is 32.1. The molecule has 0 saturated carbocycles. The molecule has 0 radical (unpaired) electrons. The minimum absolute atomic E-state index is 0.663. The lowest BCUT2D eigenvalue weighted by Crippen LogP contribution is -2.05. The number of imidazole rings is 1. The smallest absolute Gasteiger partial charge is 0.170 e. The highest BCUT2D eigenvalue weighted by Gasteiger charge is 2.15. The van der Waals surface area contributed by atoms with Crippen molar-refractivity contribution < 1.29 is 4.74 Å². The normalized spacial score (nSPS) is 11.0. The third-order valence-corrected chi connectivity index (χ3v) is 4.74. The van der Waals surface area contributed by atoms with Crippen molar-refractivity contribution in [2.45, 2.75) is 13.3 Å². The molecule has 132 valence electrons. The summed E-state index contributed by atoms with van der Waals surface area (Å²) in [5.41, 5.74) is 3.56. The molecule has 3 aromatic heterocycles. The summed E-state index contributed by atoms with van der Waals surface area (Å²) in [6.07, 6.45) is 2.81. The summed E-state index contributed by atoms with van der Waals surface area (Å²) in [7, 11) is 1.66. The van der Waals surface area contributed by atoms with Crippen molar-refractivity contribution in [1.29, 1.82) is 0 Å². The molecule has 0 aliphatic heterocycles. The Morgan fingerprint density at radius 1 is 1.15 bits per heavy atom. The summed E-state index contributed by atoms with van der Waals surface area (Å²) in [5.74, 6) is 2.23. The van der Waals surface area contributed by atoms with Gasteiger partial charge in [0.25, 0.3) is 0 Å². The Labute approximate surface area is 155 Å². The first kappa shape index (κ1) is 16.5. The average Bonchev–Trinajstić information content (AvgIpc) is 3.35. The Balaban J connectivity index is 1.87. The van der Waals surface area contributed by atoms with Gasteiger partial charge in [0, 0.05) is 17.5 Å². The molecule has 26 heavy (non-hydrogen) atoms. The molecule has 0 atom stereocenters. The molecule has 0 unspecified atom stereocenters. The highest BCUT2D eigenvalue weighted by Crippen LogP contribution is 2.27. The number of fused-ring (bicyclic) bond motifs is 1. The number of hydrogen-bond acceptors (Lipinski definition) is 6. The van der Waals surface area contributed by atoms with Crippen LogP contribution in [0, 0.1) is 0 Å². The Morgan fingerprint density at radius 3 is 2.69 bits per heavy atom. The van der Waals surface area contributed by atoms with Gasteiger partial charge in [-0.2, -0.15) is 11.3 Å². The molecule has 0 saturated heterocycles. The topological polar surface area (TPSA) is 64.9 Å². The molecular weight excluding hydrogens is 346 g/mol. The molecule has 0 spiro atoms. The summed E-state index contributed by atoms with van der Waals surface area (Å²) < 4.78 is 7.24. The molecule has 4 rings (SSSR count). The maximum atomic E-state index is 5.24. The van der Waals surface area contributed by atoms with E-state index >= 15 is 0 Å². The molecule has 3 heterocycles. The molecule has 4 aromatic rings. The third-order valence-electron chi connectivity index (χ3n) is 4.07. The third kappa shape index (κ3) is 3.01. The van der Waals surface area contributed by atoms with Gasteiger partial charge in [-0.15, -0.1) is 0 Å². The zero-order valence-corrected chi connectivity index (χ0v) is 15.5. The van der Waals surface area contributed by atoms with Crippen LogP contribution in [0.3, 0.4) is 0 Å². The molecule has 7 heteroatoms. The van der Waals surface area contributed by atoms with E-state index in [2.05, 4.69) is 28.7 Å². The van der Waals surface area contributed by atoms with Crippen LogP contribution in [0.5, 0.6) is 5.75 Å². The van der Waals surface area contributed by atoms with E-state index in [1.807, 2.05) is 34.2 Å². The lowest BCUT2D eigenvalue weighted by atomic mass is 10.2. The van der Waals surface area contributed by atoms with Crippen LogP contribution < -0.4 is 10.1 Å². The highest BCUT2D eigenvalue weighted by molar-refractivity contribution is 7.08. The number of aromatic nitrogens is 4. The number of methoxy groups -OCH3 is 1. The number of nitrogens with one attached hydrogen (secondary N) is 1. The number of thiophene rings is 1. The fourth-order valence-electron chi connectivity index (χ4n) is 2.72. The lowest BCUT2D eigenvalue weighted by molar-refractivity contribution is 0.415. The number of benzene rings is 1. The number of rotatable bonds is 6. The molecule has 6 nitrogen and oxygen atoms in total. The van der Waals surface area contributed by atoms with Crippen LogP contribution in [0.1, 0.15) is 13.3 Å². The molecule has 0 bridgehead atoms. The largest absolute Gasteiger partial charge is 0.497 e. The van der Waals surface area contributed by atoms with Gasteiger partial charge in [0.05, 0.1) is 12.8 Å². The van der Waals surface area contributed by atoms with Gasteiger partial charge < -0.3 is 10.1 Å². The zero-order chi connectivity index (χ0) is 17.9. The van der Waals surface area contributed by atoms with Gasteiger partial charge in [0.1, 0.15) is 12.1 Å². The number of ether oxygens (including phenoxy) is 1. The predicted octanol–water partition coefficient (Wildman–Crippen LogP) is 4.37. The molecule has 0 aliphatic rings. The van der Waals surface area contributed by atoms with Crippen molar-refractivity contribution in [3.05, 3.63) is 47.4 Å². The molecule has 1 aromatic carbocycles. The summed E-state index contributed by atoms with van der Waals surface area (Å²) in [5, 5.41) is 7.50.